The van der Waals surface area contributed by atoms with Crippen molar-refractivity contribution < 1.29 is 14.3 Å². The van der Waals surface area contributed by atoms with Gasteiger partial charge in [-0.1, -0.05) is 25.5 Å². The fourth-order valence-electron chi connectivity index (χ4n) is 2.59. The molecule has 0 amide bonds. The molecule has 2 aromatic carbocycles. The molecule has 24 heavy (non-hydrogen) atoms. The number of ketones is 1. The van der Waals surface area contributed by atoms with E-state index in [-0.39, 0.29) is 5.78 Å². The highest BCUT2D eigenvalue weighted by molar-refractivity contribution is 6.14. The highest BCUT2D eigenvalue weighted by Gasteiger charge is 2.27. The Morgan fingerprint density at radius 2 is 1.79 bits per heavy atom. The van der Waals surface area contributed by atoms with Crippen molar-refractivity contribution in [1.82, 2.24) is 0 Å². The molecule has 0 bridgehead atoms. The Bertz CT molecular complexity index is 785. The first-order chi connectivity index (χ1) is 11.6. The predicted molar refractivity (Wildman–Crippen MR) is 95.7 cm³/mol. The van der Waals surface area contributed by atoms with Crippen molar-refractivity contribution in [2.24, 2.45) is 0 Å². The number of hydrogen-bond donors (Lipinski definition) is 0. The third-order valence-electron chi connectivity index (χ3n) is 4.23. The first kappa shape index (κ1) is 16.3. The first-order valence-electron chi connectivity index (χ1n) is 8.37. The molecule has 0 radical (unpaired) electrons. The van der Waals surface area contributed by atoms with Crippen LogP contribution in [0.1, 0.15) is 46.8 Å². The zero-order valence-electron chi connectivity index (χ0n) is 14.4. The monoisotopic (exact) mass is 322 g/mol. The third kappa shape index (κ3) is 3.35. The molecule has 0 N–H and O–H groups in total. The summed E-state index contributed by atoms with van der Waals surface area (Å²) in [5, 5.41) is 0. The van der Waals surface area contributed by atoms with Crippen LogP contribution in [-0.2, 0) is 0 Å². The maximum atomic E-state index is 12.5. The second-order valence-corrected chi connectivity index (χ2v) is 6.14. The number of carbonyl (C=O) groups is 1. The Kier molecular flexibility index (Phi) is 4.70. The Morgan fingerprint density at radius 1 is 1.08 bits per heavy atom. The second kappa shape index (κ2) is 6.91. The molecule has 3 rings (SSSR count). The number of unbranched alkanes of at least 4 members (excludes halogenated alkanes) is 1. The molecular formula is C21H22O3. The maximum absolute atomic E-state index is 12.5. The van der Waals surface area contributed by atoms with Crippen molar-refractivity contribution in [2.75, 3.05) is 6.61 Å². The maximum Gasteiger partial charge on any atom is 0.231 e. The molecule has 1 aliphatic rings. The van der Waals surface area contributed by atoms with Gasteiger partial charge in [0.1, 0.15) is 11.5 Å². The van der Waals surface area contributed by atoms with E-state index in [0.29, 0.717) is 17.1 Å². The lowest BCUT2D eigenvalue weighted by Crippen LogP contribution is -1.98. The van der Waals surface area contributed by atoms with Crippen molar-refractivity contribution in [3.63, 3.8) is 0 Å². The van der Waals surface area contributed by atoms with Gasteiger partial charge in [-0.25, -0.2) is 0 Å². The average molecular weight is 322 g/mol. The van der Waals surface area contributed by atoms with Crippen LogP contribution in [0.25, 0.3) is 6.08 Å². The Balaban J connectivity index is 1.76. The predicted octanol–water partition coefficient (Wildman–Crippen LogP) is 5.10. The van der Waals surface area contributed by atoms with Crippen LogP contribution in [0.4, 0.5) is 0 Å². The summed E-state index contributed by atoms with van der Waals surface area (Å²) < 4.78 is 11.4. The quantitative estimate of drug-likeness (QED) is 0.567. The number of Topliss-reactive ketones (excluding diaryl/α,β-unsaturated/α-hetero) is 1. The van der Waals surface area contributed by atoms with E-state index in [0.717, 1.165) is 41.9 Å². The van der Waals surface area contributed by atoms with Gasteiger partial charge in [0.2, 0.25) is 5.78 Å². The summed E-state index contributed by atoms with van der Waals surface area (Å²) in [6.07, 6.45) is 3.94. The van der Waals surface area contributed by atoms with Gasteiger partial charge in [-0.3, -0.25) is 4.79 Å². The minimum atomic E-state index is -0.0589. The smallest absolute Gasteiger partial charge is 0.231 e. The van der Waals surface area contributed by atoms with Crippen LogP contribution in [0.3, 0.4) is 0 Å². The minimum Gasteiger partial charge on any atom is -0.494 e. The van der Waals surface area contributed by atoms with Crippen LogP contribution in [0.15, 0.2) is 42.2 Å². The zero-order chi connectivity index (χ0) is 17.1. The summed E-state index contributed by atoms with van der Waals surface area (Å²) in [7, 11) is 0. The highest BCUT2D eigenvalue weighted by Crippen LogP contribution is 2.34. The number of benzene rings is 2. The lowest BCUT2D eigenvalue weighted by atomic mass is 10.0. The number of aryl methyl sites for hydroxylation is 2. The minimum absolute atomic E-state index is 0.0589. The number of carbonyl (C=O) groups excluding carboxylic acids is 1. The fraction of sp³-hybridized carbons (Fsp3) is 0.286. The van der Waals surface area contributed by atoms with Crippen LogP contribution in [0, 0.1) is 13.8 Å². The van der Waals surface area contributed by atoms with Gasteiger partial charge in [0.05, 0.1) is 12.2 Å². The van der Waals surface area contributed by atoms with Gasteiger partial charge in [-0.2, -0.15) is 0 Å². The topological polar surface area (TPSA) is 35.5 Å². The van der Waals surface area contributed by atoms with E-state index in [2.05, 4.69) is 6.92 Å². The normalized spacial score (nSPS) is 14.6. The standard InChI is InChI=1S/C21H22O3/c1-4-5-10-23-17-8-6-16(7-9-17)13-20-21(22)18-11-14(2)15(3)12-19(18)24-20/h6-9,11-13H,4-5,10H2,1-3H3/b20-13-. The van der Waals surface area contributed by atoms with Crippen LogP contribution < -0.4 is 9.47 Å². The van der Waals surface area contributed by atoms with Crippen LogP contribution in [-0.4, -0.2) is 12.4 Å². The molecule has 0 saturated heterocycles. The van der Waals surface area contributed by atoms with Crippen molar-refractivity contribution in [2.45, 2.75) is 33.6 Å². The van der Waals surface area contributed by atoms with Gasteiger partial charge >= 0.3 is 0 Å². The van der Waals surface area contributed by atoms with Gasteiger partial charge in [-0.05, 0) is 67.3 Å². The van der Waals surface area contributed by atoms with E-state index in [9.17, 15) is 4.79 Å². The molecule has 0 aliphatic carbocycles. The van der Waals surface area contributed by atoms with E-state index in [1.54, 1.807) is 6.08 Å². The molecule has 0 saturated carbocycles. The summed E-state index contributed by atoms with van der Waals surface area (Å²) in [6, 6.07) is 11.5. The van der Waals surface area contributed by atoms with E-state index >= 15 is 0 Å². The molecular weight excluding hydrogens is 300 g/mol. The van der Waals surface area contributed by atoms with Crippen molar-refractivity contribution in [3.8, 4) is 11.5 Å². The number of hydrogen-bond acceptors (Lipinski definition) is 3. The van der Waals surface area contributed by atoms with Gasteiger partial charge in [-0.15, -0.1) is 0 Å². The molecule has 1 aliphatic heterocycles. The fourth-order valence-corrected chi connectivity index (χ4v) is 2.59. The second-order valence-electron chi connectivity index (χ2n) is 6.14. The Morgan fingerprint density at radius 3 is 2.50 bits per heavy atom. The number of ether oxygens (including phenoxy) is 2. The first-order valence-corrected chi connectivity index (χ1v) is 8.37. The van der Waals surface area contributed by atoms with Gasteiger partial charge in [0.25, 0.3) is 0 Å². The van der Waals surface area contributed by atoms with Gasteiger partial charge in [0.15, 0.2) is 5.76 Å². The lowest BCUT2D eigenvalue weighted by Gasteiger charge is -2.05. The molecule has 2 aromatic rings. The third-order valence-corrected chi connectivity index (χ3v) is 4.23. The lowest BCUT2D eigenvalue weighted by molar-refractivity contribution is 0.101. The molecule has 1 heterocycles. The molecule has 3 heteroatoms. The summed E-state index contributed by atoms with van der Waals surface area (Å²) in [4.78, 5) is 12.5. The summed E-state index contributed by atoms with van der Waals surface area (Å²) >= 11 is 0. The van der Waals surface area contributed by atoms with Gasteiger partial charge in [0, 0.05) is 0 Å². The van der Waals surface area contributed by atoms with Crippen LogP contribution in [0.2, 0.25) is 0 Å². The highest BCUT2D eigenvalue weighted by atomic mass is 16.5. The van der Waals surface area contributed by atoms with Crippen LogP contribution in [0.5, 0.6) is 11.5 Å². The molecule has 0 fully saturated rings. The number of rotatable bonds is 5. The summed E-state index contributed by atoms with van der Waals surface area (Å²) in [5.41, 5.74) is 3.78. The largest absolute Gasteiger partial charge is 0.494 e. The van der Waals surface area contributed by atoms with Crippen LogP contribution >= 0.6 is 0 Å². The molecule has 0 atom stereocenters. The SMILES string of the molecule is CCCCOc1ccc(/C=C2\Oc3cc(C)c(C)cc3C2=O)cc1. The van der Waals surface area contributed by atoms with Crippen molar-refractivity contribution in [3.05, 3.63) is 64.4 Å². The Labute approximate surface area is 142 Å². The number of fused-ring (bicyclic) bond motifs is 1. The van der Waals surface area contributed by atoms with E-state index in [1.165, 1.54) is 0 Å². The summed E-state index contributed by atoms with van der Waals surface area (Å²) in [6.45, 7) is 6.88. The molecule has 124 valence electrons. The summed E-state index contributed by atoms with van der Waals surface area (Å²) in [5.74, 6) is 1.80. The number of allylic oxidation sites excluding steroid dienone is 1. The van der Waals surface area contributed by atoms with E-state index in [4.69, 9.17) is 9.47 Å². The van der Waals surface area contributed by atoms with Crippen molar-refractivity contribution >= 4 is 11.9 Å². The molecule has 0 aromatic heterocycles. The van der Waals surface area contributed by atoms with Crippen molar-refractivity contribution in [1.29, 1.82) is 0 Å². The molecule has 0 unspecified atom stereocenters. The molecule has 3 nitrogen and oxygen atoms in total. The van der Waals surface area contributed by atoms with E-state index in [1.807, 2.05) is 50.2 Å². The zero-order valence-corrected chi connectivity index (χ0v) is 14.4. The van der Waals surface area contributed by atoms with Gasteiger partial charge < -0.3 is 9.47 Å². The Hall–Kier alpha value is -2.55. The average Bonchev–Trinajstić information content (AvgIpc) is 2.86. The molecule has 0 spiro atoms. The van der Waals surface area contributed by atoms with E-state index < -0.39 is 0 Å².